The Balaban J connectivity index is 2.39. The summed E-state index contributed by atoms with van der Waals surface area (Å²) in [5.74, 6) is 0.914. The first-order chi connectivity index (χ1) is 7.76. The van der Waals surface area contributed by atoms with Crippen molar-refractivity contribution in [2.45, 2.75) is 45.6 Å². The van der Waals surface area contributed by atoms with Gasteiger partial charge >= 0.3 is 0 Å². The first-order valence-corrected chi connectivity index (χ1v) is 6.21. The summed E-state index contributed by atoms with van der Waals surface area (Å²) in [5, 5.41) is 3.62. The van der Waals surface area contributed by atoms with Gasteiger partial charge in [0.15, 0.2) is 0 Å². The Bertz CT molecular complexity index is 288. The van der Waals surface area contributed by atoms with Crippen LogP contribution in [0.15, 0.2) is 28.9 Å². The lowest BCUT2D eigenvalue weighted by molar-refractivity contribution is 0.302. The van der Waals surface area contributed by atoms with E-state index in [0.717, 1.165) is 12.3 Å². The van der Waals surface area contributed by atoms with E-state index in [1.165, 1.54) is 19.3 Å². The molecule has 1 rings (SSSR count). The molecule has 1 aromatic rings. The van der Waals surface area contributed by atoms with Crippen LogP contribution in [0.5, 0.6) is 0 Å². The molecule has 0 fully saturated rings. The quantitative estimate of drug-likeness (QED) is 0.756. The molecule has 0 spiro atoms. The molecule has 0 atom stereocenters. The predicted octanol–water partition coefficient (Wildman–Crippen LogP) is 3.85. The molecule has 0 bridgehead atoms. The van der Waals surface area contributed by atoms with Gasteiger partial charge in [0.2, 0.25) is 0 Å². The molecule has 0 amide bonds. The smallest absolute Gasteiger partial charge is 0.126 e. The summed E-state index contributed by atoms with van der Waals surface area (Å²) < 4.78 is 5.23. The van der Waals surface area contributed by atoms with Gasteiger partial charge in [0.25, 0.3) is 0 Å². The fraction of sp³-hybridized carbons (Fsp3) is 0.571. The van der Waals surface area contributed by atoms with Crippen molar-refractivity contribution >= 4 is 6.08 Å². The number of hydrogen-bond donors (Lipinski definition) is 1. The van der Waals surface area contributed by atoms with Gasteiger partial charge in [-0.15, -0.1) is 0 Å². The van der Waals surface area contributed by atoms with Crippen LogP contribution in [0.1, 0.15) is 45.8 Å². The van der Waals surface area contributed by atoms with Crippen LogP contribution in [0.25, 0.3) is 6.08 Å². The molecule has 0 radical (unpaired) electrons. The maximum absolute atomic E-state index is 5.23. The third-order valence-electron chi connectivity index (χ3n) is 3.45. The van der Waals surface area contributed by atoms with E-state index >= 15 is 0 Å². The minimum atomic E-state index is 0.299. The van der Waals surface area contributed by atoms with Crippen molar-refractivity contribution in [1.82, 2.24) is 5.32 Å². The molecule has 0 unspecified atom stereocenters. The van der Waals surface area contributed by atoms with E-state index in [4.69, 9.17) is 4.42 Å². The van der Waals surface area contributed by atoms with Gasteiger partial charge in [-0.2, -0.15) is 0 Å². The van der Waals surface area contributed by atoms with Gasteiger partial charge in [0.1, 0.15) is 5.76 Å². The van der Waals surface area contributed by atoms with Crippen LogP contribution in [0.4, 0.5) is 0 Å². The molecule has 1 N–H and O–H groups in total. The van der Waals surface area contributed by atoms with E-state index in [1.807, 2.05) is 18.2 Å². The van der Waals surface area contributed by atoms with Crippen molar-refractivity contribution in [1.29, 1.82) is 0 Å². The van der Waals surface area contributed by atoms with Gasteiger partial charge in [-0.05, 0) is 37.5 Å². The zero-order chi connectivity index (χ0) is 11.9. The Morgan fingerprint density at radius 2 is 1.94 bits per heavy atom. The molecule has 0 aliphatic rings. The second-order valence-corrected chi connectivity index (χ2v) is 4.14. The van der Waals surface area contributed by atoms with E-state index in [-0.39, 0.29) is 0 Å². The van der Waals surface area contributed by atoms with E-state index in [9.17, 15) is 0 Å². The van der Waals surface area contributed by atoms with E-state index in [2.05, 4.69) is 32.2 Å². The maximum Gasteiger partial charge on any atom is 0.126 e. The Labute approximate surface area is 98.7 Å². The zero-order valence-corrected chi connectivity index (χ0v) is 10.6. The molecule has 0 aliphatic carbocycles. The number of rotatable bonds is 7. The topological polar surface area (TPSA) is 25.2 Å². The summed E-state index contributed by atoms with van der Waals surface area (Å²) in [5.41, 5.74) is 0.299. The maximum atomic E-state index is 5.23. The van der Waals surface area contributed by atoms with Crippen molar-refractivity contribution in [2.24, 2.45) is 0 Å². The van der Waals surface area contributed by atoms with Crippen LogP contribution >= 0.6 is 0 Å². The summed E-state index contributed by atoms with van der Waals surface area (Å²) in [4.78, 5) is 0. The van der Waals surface area contributed by atoms with E-state index in [0.29, 0.717) is 5.54 Å². The van der Waals surface area contributed by atoms with Crippen molar-refractivity contribution in [3.8, 4) is 0 Å². The second kappa shape index (κ2) is 6.54. The molecule has 1 aromatic heterocycles. The SMILES string of the molecule is CCC(CC)(CC)NC/C=C/c1ccco1. The molecule has 2 nitrogen and oxygen atoms in total. The van der Waals surface area contributed by atoms with Gasteiger partial charge in [0, 0.05) is 12.1 Å². The zero-order valence-electron chi connectivity index (χ0n) is 10.6. The molecule has 16 heavy (non-hydrogen) atoms. The fourth-order valence-corrected chi connectivity index (χ4v) is 1.96. The van der Waals surface area contributed by atoms with Gasteiger partial charge in [-0.1, -0.05) is 26.8 Å². The van der Waals surface area contributed by atoms with Crippen molar-refractivity contribution < 1.29 is 4.42 Å². The largest absolute Gasteiger partial charge is 0.465 e. The lowest BCUT2D eigenvalue weighted by atomic mass is 9.90. The third-order valence-corrected chi connectivity index (χ3v) is 3.45. The summed E-state index contributed by atoms with van der Waals surface area (Å²) in [6.45, 7) is 7.64. The van der Waals surface area contributed by atoms with Crippen LogP contribution in [-0.4, -0.2) is 12.1 Å². The highest BCUT2D eigenvalue weighted by molar-refractivity contribution is 5.42. The van der Waals surface area contributed by atoms with Crippen LogP contribution < -0.4 is 5.32 Å². The molecule has 2 heteroatoms. The third kappa shape index (κ3) is 3.53. The first kappa shape index (κ1) is 13.0. The van der Waals surface area contributed by atoms with Crippen LogP contribution in [-0.2, 0) is 0 Å². The molecule has 1 heterocycles. The average molecular weight is 221 g/mol. The van der Waals surface area contributed by atoms with Crippen LogP contribution in [0.3, 0.4) is 0 Å². The van der Waals surface area contributed by atoms with Crippen molar-refractivity contribution in [2.75, 3.05) is 6.54 Å². The summed E-state index contributed by atoms with van der Waals surface area (Å²) in [6.07, 6.45) is 9.35. The Morgan fingerprint density at radius 3 is 2.44 bits per heavy atom. The Hall–Kier alpha value is -1.02. The number of nitrogens with one attached hydrogen (secondary N) is 1. The molecular weight excluding hydrogens is 198 g/mol. The van der Waals surface area contributed by atoms with Crippen molar-refractivity contribution in [3.05, 3.63) is 30.2 Å². The van der Waals surface area contributed by atoms with E-state index in [1.54, 1.807) is 6.26 Å². The van der Waals surface area contributed by atoms with Gasteiger partial charge in [-0.3, -0.25) is 0 Å². The highest BCUT2D eigenvalue weighted by Crippen LogP contribution is 2.18. The highest BCUT2D eigenvalue weighted by Gasteiger charge is 2.21. The first-order valence-electron chi connectivity index (χ1n) is 6.21. The summed E-state index contributed by atoms with van der Waals surface area (Å²) >= 11 is 0. The standard InChI is InChI=1S/C14H23NO/c1-4-14(5-2,6-3)15-11-7-9-13-10-8-12-16-13/h7-10,12,15H,4-6,11H2,1-3H3/b9-7+. The summed E-state index contributed by atoms with van der Waals surface area (Å²) in [6, 6.07) is 3.87. The molecule has 0 aliphatic heterocycles. The molecule has 0 aromatic carbocycles. The van der Waals surface area contributed by atoms with Crippen molar-refractivity contribution in [3.63, 3.8) is 0 Å². The Morgan fingerprint density at radius 1 is 1.25 bits per heavy atom. The normalized spacial score (nSPS) is 12.4. The summed E-state index contributed by atoms with van der Waals surface area (Å²) in [7, 11) is 0. The molecular formula is C14H23NO. The van der Waals surface area contributed by atoms with Gasteiger partial charge in [-0.25, -0.2) is 0 Å². The molecule has 0 saturated carbocycles. The monoisotopic (exact) mass is 221 g/mol. The number of hydrogen-bond acceptors (Lipinski definition) is 2. The minimum Gasteiger partial charge on any atom is -0.465 e. The fourth-order valence-electron chi connectivity index (χ4n) is 1.96. The second-order valence-electron chi connectivity index (χ2n) is 4.14. The number of furan rings is 1. The molecule has 90 valence electrons. The van der Waals surface area contributed by atoms with Gasteiger partial charge in [0.05, 0.1) is 6.26 Å². The predicted molar refractivity (Wildman–Crippen MR) is 69.3 cm³/mol. The van der Waals surface area contributed by atoms with Crippen LogP contribution in [0.2, 0.25) is 0 Å². The van der Waals surface area contributed by atoms with E-state index < -0.39 is 0 Å². The van der Waals surface area contributed by atoms with Crippen LogP contribution in [0, 0.1) is 0 Å². The lowest BCUT2D eigenvalue weighted by Crippen LogP contribution is -2.43. The van der Waals surface area contributed by atoms with Gasteiger partial charge < -0.3 is 9.73 Å². The molecule has 0 saturated heterocycles. The minimum absolute atomic E-state index is 0.299. The highest BCUT2D eigenvalue weighted by atomic mass is 16.3. The lowest BCUT2D eigenvalue weighted by Gasteiger charge is -2.31. The Kier molecular flexibility index (Phi) is 5.33. The average Bonchev–Trinajstić information content (AvgIpc) is 2.83.